The summed E-state index contributed by atoms with van der Waals surface area (Å²) >= 11 is 0. The molecular formula is C20H26N4O3. The van der Waals surface area contributed by atoms with Crippen molar-refractivity contribution in [3.8, 4) is 0 Å². The number of carbonyl (C=O) groups excluding carboxylic acids is 3. The van der Waals surface area contributed by atoms with E-state index in [1.165, 1.54) is 0 Å². The van der Waals surface area contributed by atoms with Crippen molar-refractivity contribution in [2.75, 3.05) is 6.54 Å². The highest BCUT2D eigenvalue weighted by atomic mass is 16.2. The zero-order valence-corrected chi connectivity index (χ0v) is 15.4. The van der Waals surface area contributed by atoms with Crippen molar-refractivity contribution in [2.45, 2.75) is 63.6 Å². The molecule has 0 spiro atoms. The van der Waals surface area contributed by atoms with Gasteiger partial charge in [0.1, 0.15) is 0 Å². The minimum absolute atomic E-state index is 0.0435. The van der Waals surface area contributed by atoms with Gasteiger partial charge in [0.05, 0.1) is 12.1 Å². The maximum atomic E-state index is 13.1. The Labute approximate surface area is 158 Å². The third-order valence-corrected chi connectivity index (χ3v) is 6.19. The van der Waals surface area contributed by atoms with Crippen molar-refractivity contribution >= 4 is 17.7 Å². The number of hydrazine groups is 1. The summed E-state index contributed by atoms with van der Waals surface area (Å²) in [5.41, 5.74) is 4.00. The monoisotopic (exact) mass is 370 g/mol. The van der Waals surface area contributed by atoms with E-state index < -0.39 is 5.91 Å². The van der Waals surface area contributed by atoms with Crippen LogP contribution < -0.4 is 11.3 Å². The van der Waals surface area contributed by atoms with E-state index in [1.807, 2.05) is 15.9 Å². The third-order valence-electron chi connectivity index (χ3n) is 6.19. The van der Waals surface area contributed by atoms with E-state index in [2.05, 4.69) is 5.43 Å². The van der Waals surface area contributed by atoms with Crippen LogP contribution in [0.2, 0.25) is 0 Å². The lowest BCUT2D eigenvalue weighted by molar-refractivity contribution is -0.138. The van der Waals surface area contributed by atoms with Gasteiger partial charge in [0, 0.05) is 30.6 Å². The summed E-state index contributed by atoms with van der Waals surface area (Å²) in [5.74, 6) is 4.99. The van der Waals surface area contributed by atoms with E-state index in [0.717, 1.165) is 50.6 Å². The largest absolute Gasteiger partial charge is 0.338 e. The molecule has 0 bridgehead atoms. The molecule has 2 fully saturated rings. The lowest BCUT2D eigenvalue weighted by Gasteiger charge is -2.45. The molecule has 7 nitrogen and oxygen atoms in total. The molecule has 3 aliphatic rings. The maximum absolute atomic E-state index is 13.1. The van der Waals surface area contributed by atoms with Crippen molar-refractivity contribution in [2.24, 2.45) is 5.84 Å². The maximum Gasteiger partial charge on any atom is 0.265 e. The number of fused-ring (bicyclic) bond motifs is 1. The van der Waals surface area contributed by atoms with Crippen LogP contribution in [0.25, 0.3) is 0 Å². The molecule has 1 aromatic rings. The molecule has 2 atom stereocenters. The number of benzene rings is 1. The SMILES string of the molecule is NNC(=O)c1ccc2c(c1)C(=O)N([C@@H]1CCCC[C@H]1N1CCCCC1=O)C2. The van der Waals surface area contributed by atoms with Crippen molar-refractivity contribution < 1.29 is 14.4 Å². The smallest absolute Gasteiger partial charge is 0.265 e. The molecule has 0 aromatic heterocycles. The number of hydrogen-bond donors (Lipinski definition) is 2. The van der Waals surface area contributed by atoms with Crippen molar-refractivity contribution in [1.29, 1.82) is 0 Å². The predicted octanol–water partition coefficient (Wildman–Crippen LogP) is 1.57. The Morgan fingerprint density at radius 3 is 2.48 bits per heavy atom. The molecule has 3 N–H and O–H groups in total. The van der Waals surface area contributed by atoms with Gasteiger partial charge in [-0.05, 0) is 43.4 Å². The second-order valence-electron chi connectivity index (χ2n) is 7.74. The summed E-state index contributed by atoms with van der Waals surface area (Å²) in [4.78, 5) is 41.3. The van der Waals surface area contributed by atoms with Crippen LogP contribution >= 0.6 is 0 Å². The van der Waals surface area contributed by atoms with Crippen LogP contribution in [0.5, 0.6) is 0 Å². The number of nitrogens with one attached hydrogen (secondary N) is 1. The Morgan fingerprint density at radius 2 is 1.78 bits per heavy atom. The van der Waals surface area contributed by atoms with Crippen LogP contribution in [0, 0.1) is 0 Å². The molecule has 0 radical (unpaired) electrons. The van der Waals surface area contributed by atoms with Crippen LogP contribution in [0.4, 0.5) is 0 Å². The summed E-state index contributed by atoms with van der Waals surface area (Å²) < 4.78 is 0. The number of nitrogens with two attached hydrogens (primary N) is 1. The molecule has 7 heteroatoms. The lowest BCUT2D eigenvalue weighted by atomic mass is 9.87. The first-order valence-electron chi connectivity index (χ1n) is 9.84. The zero-order valence-electron chi connectivity index (χ0n) is 15.4. The Balaban J connectivity index is 1.59. The number of nitrogens with zero attached hydrogens (tertiary/aromatic N) is 2. The van der Waals surface area contributed by atoms with Gasteiger partial charge in [-0.25, -0.2) is 5.84 Å². The fourth-order valence-corrected chi connectivity index (χ4v) is 4.81. The van der Waals surface area contributed by atoms with E-state index in [0.29, 0.717) is 24.1 Å². The minimum atomic E-state index is -0.404. The fraction of sp³-hybridized carbons (Fsp3) is 0.550. The lowest BCUT2D eigenvalue weighted by Crippen LogP contribution is -2.56. The average Bonchev–Trinajstić information content (AvgIpc) is 3.03. The quantitative estimate of drug-likeness (QED) is 0.480. The topological polar surface area (TPSA) is 95.7 Å². The molecule has 144 valence electrons. The first-order chi connectivity index (χ1) is 13.1. The minimum Gasteiger partial charge on any atom is -0.338 e. The Bertz CT molecular complexity index is 778. The molecular weight excluding hydrogens is 344 g/mol. The number of likely N-dealkylation sites (tertiary alicyclic amines) is 1. The van der Waals surface area contributed by atoms with Crippen LogP contribution in [0.3, 0.4) is 0 Å². The van der Waals surface area contributed by atoms with E-state index in [1.54, 1.807) is 12.1 Å². The van der Waals surface area contributed by atoms with Gasteiger partial charge in [-0.15, -0.1) is 0 Å². The Kier molecular flexibility index (Phi) is 4.86. The fourth-order valence-electron chi connectivity index (χ4n) is 4.81. The normalized spacial score (nSPS) is 25.5. The first-order valence-corrected chi connectivity index (χ1v) is 9.84. The Morgan fingerprint density at radius 1 is 1.04 bits per heavy atom. The van der Waals surface area contributed by atoms with Gasteiger partial charge in [-0.3, -0.25) is 19.8 Å². The summed E-state index contributed by atoms with van der Waals surface area (Å²) in [6.45, 7) is 1.34. The van der Waals surface area contributed by atoms with Crippen molar-refractivity contribution in [3.63, 3.8) is 0 Å². The standard InChI is InChI=1S/C20H26N4O3/c21-22-19(26)13-8-9-14-12-24(20(27)15(14)11-13)17-6-2-1-5-16(17)23-10-4-3-7-18(23)25/h8-9,11,16-17H,1-7,10,12,21H2,(H,22,26)/t16-,17-/m1/s1. The van der Waals surface area contributed by atoms with E-state index in [-0.39, 0.29) is 23.9 Å². The summed E-state index contributed by atoms with van der Waals surface area (Å²) in [6, 6.07) is 5.32. The number of hydrogen-bond acceptors (Lipinski definition) is 4. The van der Waals surface area contributed by atoms with Gasteiger partial charge in [0.2, 0.25) is 5.91 Å². The van der Waals surface area contributed by atoms with Gasteiger partial charge in [0.15, 0.2) is 0 Å². The van der Waals surface area contributed by atoms with E-state index in [4.69, 9.17) is 5.84 Å². The van der Waals surface area contributed by atoms with Crippen LogP contribution in [-0.4, -0.2) is 46.1 Å². The Hall–Kier alpha value is -2.41. The molecule has 0 unspecified atom stereocenters. The van der Waals surface area contributed by atoms with E-state index in [9.17, 15) is 14.4 Å². The van der Waals surface area contributed by atoms with Crippen molar-refractivity contribution in [3.05, 3.63) is 34.9 Å². The predicted molar refractivity (Wildman–Crippen MR) is 99.6 cm³/mol. The van der Waals surface area contributed by atoms with Gasteiger partial charge >= 0.3 is 0 Å². The highest BCUT2D eigenvalue weighted by molar-refractivity contribution is 6.02. The zero-order chi connectivity index (χ0) is 19.0. The first kappa shape index (κ1) is 18.0. The highest BCUT2D eigenvalue weighted by Gasteiger charge is 2.41. The van der Waals surface area contributed by atoms with Gasteiger partial charge in [-0.1, -0.05) is 18.9 Å². The summed E-state index contributed by atoms with van der Waals surface area (Å²) in [5, 5.41) is 0. The van der Waals surface area contributed by atoms with Crippen LogP contribution in [0.1, 0.15) is 71.2 Å². The molecule has 1 aliphatic carbocycles. The van der Waals surface area contributed by atoms with Gasteiger partial charge < -0.3 is 9.80 Å². The number of rotatable bonds is 3. The summed E-state index contributed by atoms with van der Waals surface area (Å²) in [6.07, 6.45) is 6.68. The second-order valence-corrected chi connectivity index (χ2v) is 7.74. The summed E-state index contributed by atoms with van der Waals surface area (Å²) in [7, 11) is 0. The van der Waals surface area contributed by atoms with Gasteiger partial charge in [-0.2, -0.15) is 0 Å². The molecule has 1 saturated heterocycles. The molecule has 1 aromatic carbocycles. The average molecular weight is 370 g/mol. The number of amides is 3. The van der Waals surface area contributed by atoms with Crippen LogP contribution in [-0.2, 0) is 11.3 Å². The molecule has 4 rings (SSSR count). The third kappa shape index (κ3) is 3.20. The number of nitrogen functional groups attached to an aromatic ring is 1. The molecule has 2 aliphatic heterocycles. The second kappa shape index (κ2) is 7.31. The van der Waals surface area contributed by atoms with Crippen molar-refractivity contribution in [1.82, 2.24) is 15.2 Å². The number of piperidine rings is 1. The van der Waals surface area contributed by atoms with Gasteiger partial charge in [0.25, 0.3) is 11.8 Å². The number of carbonyl (C=O) groups is 3. The molecule has 1 saturated carbocycles. The van der Waals surface area contributed by atoms with Crippen LogP contribution in [0.15, 0.2) is 18.2 Å². The highest BCUT2D eigenvalue weighted by Crippen LogP contribution is 2.34. The molecule has 2 heterocycles. The molecule has 3 amide bonds. The van der Waals surface area contributed by atoms with E-state index >= 15 is 0 Å². The molecule has 27 heavy (non-hydrogen) atoms.